The minimum Gasteiger partial charge on any atom is -0.501 e. The maximum absolute atomic E-state index is 10.6. The van der Waals surface area contributed by atoms with Crippen LogP contribution < -0.4 is 9.47 Å². The first-order chi connectivity index (χ1) is 12.5. The Morgan fingerprint density at radius 2 is 1.92 bits per heavy atom. The zero-order chi connectivity index (χ0) is 19.5. The monoisotopic (exact) mass is 360 g/mol. The van der Waals surface area contributed by atoms with E-state index in [2.05, 4.69) is 6.58 Å². The minimum atomic E-state index is -0.914. The Morgan fingerprint density at radius 1 is 1.19 bits per heavy atom. The second kappa shape index (κ2) is 11.1. The fourth-order valence-corrected chi connectivity index (χ4v) is 2.30. The molecule has 5 nitrogen and oxygen atoms in total. The lowest BCUT2D eigenvalue weighted by Gasteiger charge is -2.23. The molecule has 0 amide bonds. The SMILES string of the molecule is C=CC(=CC(=COC)OC)C(O)C(C)Oc1ccc(C=CC)cc1OC. The van der Waals surface area contributed by atoms with Gasteiger partial charge >= 0.3 is 0 Å². The van der Waals surface area contributed by atoms with Crippen LogP contribution in [-0.2, 0) is 9.47 Å². The highest BCUT2D eigenvalue weighted by molar-refractivity contribution is 5.55. The van der Waals surface area contributed by atoms with Crippen LogP contribution in [0.4, 0.5) is 0 Å². The van der Waals surface area contributed by atoms with Crippen molar-refractivity contribution in [3.63, 3.8) is 0 Å². The third-order valence-electron chi connectivity index (χ3n) is 3.66. The Hall–Kier alpha value is -2.66. The van der Waals surface area contributed by atoms with Crippen molar-refractivity contribution >= 4 is 6.08 Å². The molecule has 142 valence electrons. The largest absolute Gasteiger partial charge is 0.501 e. The maximum Gasteiger partial charge on any atom is 0.161 e. The van der Waals surface area contributed by atoms with Crippen molar-refractivity contribution < 1.29 is 24.1 Å². The molecule has 26 heavy (non-hydrogen) atoms. The van der Waals surface area contributed by atoms with E-state index in [1.54, 1.807) is 26.2 Å². The zero-order valence-electron chi connectivity index (χ0n) is 16.1. The van der Waals surface area contributed by atoms with Crippen molar-refractivity contribution in [1.82, 2.24) is 0 Å². The van der Waals surface area contributed by atoms with Crippen LogP contribution in [0, 0.1) is 0 Å². The molecule has 1 rings (SSSR count). The van der Waals surface area contributed by atoms with E-state index < -0.39 is 12.2 Å². The third-order valence-corrected chi connectivity index (χ3v) is 3.66. The summed E-state index contributed by atoms with van der Waals surface area (Å²) in [6, 6.07) is 5.62. The van der Waals surface area contributed by atoms with E-state index in [-0.39, 0.29) is 0 Å². The van der Waals surface area contributed by atoms with Gasteiger partial charge in [-0.3, -0.25) is 0 Å². The van der Waals surface area contributed by atoms with Crippen molar-refractivity contribution in [1.29, 1.82) is 0 Å². The highest BCUT2D eigenvalue weighted by Gasteiger charge is 2.21. The standard InChI is InChI=1S/C21H28O5/c1-7-9-16-10-11-19(20(12-16)25-6)26-15(3)21(22)17(8-2)13-18(24-5)14-23-4/h7-15,21-22H,2H2,1,3-6H3. The van der Waals surface area contributed by atoms with Crippen LogP contribution in [-0.4, -0.2) is 38.6 Å². The van der Waals surface area contributed by atoms with E-state index in [4.69, 9.17) is 18.9 Å². The van der Waals surface area contributed by atoms with Crippen molar-refractivity contribution in [3.8, 4) is 11.5 Å². The fourth-order valence-electron chi connectivity index (χ4n) is 2.30. The molecule has 0 fully saturated rings. The molecular formula is C21H28O5. The van der Waals surface area contributed by atoms with Gasteiger partial charge in [-0.05, 0) is 43.2 Å². The Balaban J connectivity index is 3.01. The normalized spacial score (nSPS) is 14.7. The lowest BCUT2D eigenvalue weighted by molar-refractivity contribution is 0.0716. The molecule has 0 saturated carbocycles. The van der Waals surface area contributed by atoms with Gasteiger partial charge in [0.25, 0.3) is 0 Å². The summed E-state index contributed by atoms with van der Waals surface area (Å²) >= 11 is 0. The molecule has 0 aliphatic heterocycles. The Morgan fingerprint density at radius 3 is 2.46 bits per heavy atom. The second-order valence-corrected chi connectivity index (χ2v) is 5.49. The van der Waals surface area contributed by atoms with Crippen LogP contribution in [0.25, 0.3) is 6.08 Å². The molecule has 0 bridgehead atoms. The number of aliphatic hydroxyl groups excluding tert-OH is 1. The molecule has 1 aromatic carbocycles. The van der Waals surface area contributed by atoms with E-state index in [0.717, 1.165) is 5.56 Å². The number of benzene rings is 1. The summed E-state index contributed by atoms with van der Waals surface area (Å²) < 4.78 is 21.4. The summed E-state index contributed by atoms with van der Waals surface area (Å²) in [5.74, 6) is 1.61. The van der Waals surface area contributed by atoms with Gasteiger partial charge in [-0.25, -0.2) is 0 Å². The van der Waals surface area contributed by atoms with E-state index in [1.807, 2.05) is 37.3 Å². The molecule has 0 saturated heterocycles. The van der Waals surface area contributed by atoms with Gasteiger partial charge in [0.05, 0.1) is 21.3 Å². The molecule has 0 aromatic heterocycles. The van der Waals surface area contributed by atoms with Crippen molar-refractivity contribution in [2.24, 2.45) is 0 Å². The van der Waals surface area contributed by atoms with Gasteiger partial charge in [0.1, 0.15) is 18.5 Å². The van der Waals surface area contributed by atoms with Crippen LogP contribution in [0.5, 0.6) is 11.5 Å². The number of hydrogen-bond donors (Lipinski definition) is 1. The van der Waals surface area contributed by atoms with Crippen LogP contribution >= 0.6 is 0 Å². The average Bonchev–Trinajstić information content (AvgIpc) is 2.65. The van der Waals surface area contributed by atoms with Crippen LogP contribution in [0.1, 0.15) is 19.4 Å². The van der Waals surface area contributed by atoms with Gasteiger partial charge in [0.15, 0.2) is 17.3 Å². The van der Waals surface area contributed by atoms with E-state index in [9.17, 15) is 5.11 Å². The predicted molar refractivity (Wildman–Crippen MR) is 104 cm³/mol. The summed E-state index contributed by atoms with van der Waals surface area (Å²) in [5, 5.41) is 10.6. The summed E-state index contributed by atoms with van der Waals surface area (Å²) in [4.78, 5) is 0. The van der Waals surface area contributed by atoms with Crippen LogP contribution in [0.2, 0.25) is 0 Å². The second-order valence-electron chi connectivity index (χ2n) is 5.49. The van der Waals surface area contributed by atoms with Crippen LogP contribution in [0.3, 0.4) is 0 Å². The summed E-state index contributed by atoms with van der Waals surface area (Å²) in [6.07, 6.45) is 7.10. The Kier molecular flexibility index (Phi) is 9.09. The quantitative estimate of drug-likeness (QED) is 0.503. The first-order valence-electron chi connectivity index (χ1n) is 8.27. The Bertz CT molecular complexity index is 673. The van der Waals surface area contributed by atoms with Crippen molar-refractivity contribution in [2.75, 3.05) is 21.3 Å². The smallest absolute Gasteiger partial charge is 0.161 e. The molecule has 2 atom stereocenters. The predicted octanol–water partition coefficient (Wildman–Crippen LogP) is 4.10. The molecule has 0 radical (unpaired) electrons. The van der Waals surface area contributed by atoms with Gasteiger partial charge in [-0.1, -0.05) is 30.9 Å². The molecule has 0 spiro atoms. The fraction of sp³-hybridized carbons (Fsp3) is 0.333. The van der Waals surface area contributed by atoms with Gasteiger partial charge in [0.2, 0.25) is 0 Å². The zero-order valence-corrected chi connectivity index (χ0v) is 16.1. The molecule has 5 heteroatoms. The lowest BCUT2D eigenvalue weighted by atomic mass is 10.0. The number of methoxy groups -OCH3 is 3. The highest BCUT2D eigenvalue weighted by atomic mass is 16.5. The first kappa shape index (κ1) is 21.4. The lowest BCUT2D eigenvalue weighted by Crippen LogP contribution is -2.30. The molecule has 2 unspecified atom stereocenters. The van der Waals surface area contributed by atoms with Crippen LogP contribution in [0.15, 0.2) is 60.6 Å². The number of aliphatic hydroxyl groups is 1. The summed E-state index contributed by atoms with van der Waals surface area (Å²) in [7, 11) is 4.62. The molecule has 0 heterocycles. The van der Waals surface area contributed by atoms with E-state index >= 15 is 0 Å². The Labute approximate surface area is 155 Å². The van der Waals surface area contributed by atoms with Gasteiger partial charge in [-0.15, -0.1) is 0 Å². The molecule has 1 N–H and O–H groups in total. The summed E-state index contributed by atoms with van der Waals surface area (Å²) in [6.45, 7) is 7.47. The van der Waals surface area contributed by atoms with Crippen molar-refractivity contribution in [3.05, 3.63) is 66.2 Å². The first-order valence-corrected chi connectivity index (χ1v) is 8.27. The molecule has 0 aliphatic rings. The highest BCUT2D eigenvalue weighted by Crippen LogP contribution is 2.30. The van der Waals surface area contributed by atoms with E-state index in [1.165, 1.54) is 20.5 Å². The number of rotatable bonds is 10. The van der Waals surface area contributed by atoms with Gasteiger partial charge in [-0.2, -0.15) is 0 Å². The molecular weight excluding hydrogens is 332 g/mol. The van der Waals surface area contributed by atoms with Gasteiger partial charge in [0, 0.05) is 0 Å². The van der Waals surface area contributed by atoms with Crippen molar-refractivity contribution in [2.45, 2.75) is 26.1 Å². The third kappa shape index (κ3) is 6.01. The average molecular weight is 360 g/mol. The topological polar surface area (TPSA) is 57.2 Å². The molecule has 1 aromatic rings. The summed E-state index contributed by atoms with van der Waals surface area (Å²) in [5.41, 5.74) is 1.55. The van der Waals surface area contributed by atoms with Gasteiger partial charge < -0.3 is 24.1 Å². The number of hydrogen-bond acceptors (Lipinski definition) is 5. The maximum atomic E-state index is 10.6. The number of allylic oxidation sites excluding steroid dienone is 2. The molecule has 0 aliphatic carbocycles. The minimum absolute atomic E-state index is 0.460. The number of ether oxygens (including phenoxy) is 4. The van der Waals surface area contributed by atoms with E-state index in [0.29, 0.717) is 22.8 Å².